The molecular weight excluding hydrogens is 506 g/mol. The molecule has 0 heterocycles. The number of hydrogen-bond acceptors (Lipinski definition) is 4. The number of nitrogens with one attached hydrogen (secondary N) is 1. The number of hydrogen-bond donors (Lipinski definition) is 2. The fourth-order valence-electron chi connectivity index (χ4n) is 5.10. The van der Waals surface area contributed by atoms with Crippen LogP contribution in [0, 0.1) is 6.92 Å². The highest BCUT2D eigenvalue weighted by molar-refractivity contribution is 5.88. The van der Waals surface area contributed by atoms with Gasteiger partial charge in [-0.05, 0) is 69.7 Å². The molecule has 0 aromatic heterocycles. The van der Waals surface area contributed by atoms with E-state index in [9.17, 15) is 23.5 Å². The van der Waals surface area contributed by atoms with Gasteiger partial charge < -0.3 is 24.8 Å². The highest BCUT2D eigenvalue weighted by Gasteiger charge is 2.62. The van der Waals surface area contributed by atoms with Crippen molar-refractivity contribution in [2.75, 3.05) is 19.8 Å². The van der Waals surface area contributed by atoms with Crippen LogP contribution in [0.3, 0.4) is 0 Å². The van der Waals surface area contributed by atoms with Crippen molar-refractivity contribution in [3.05, 3.63) is 59.2 Å². The van der Waals surface area contributed by atoms with E-state index < -0.39 is 42.3 Å². The van der Waals surface area contributed by atoms with E-state index in [1.165, 1.54) is 10.5 Å². The fraction of sp³-hybridized carbons (Fsp3) is 0.533. The quantitative estimate of drug-likeness (QED) is 0.292. The van der Waals surface area contributed by atoms with E-state index in [4.69, 9.17) is 9.47 Å². The SMILES string of the molecule is CCOc1cc([C@@H](C)N(CCCC(C)c2ccccc2)C(=O)NC2(C(=O)O)CC(F)(F)C2)cc(OCC)c1C. The Labute approximate surface area is 229 Å². The monoisotopic (exact) mass is 546 g/mol. The van der Waals surface area contributed by atoms with Crippen molar-refractivity contribution in [2.24, 2.45) is 0 Å². The number of carbonyl (C=O) groups excluding carboxylic acids is 1. The highest BCUT2D eigenvalue weighted by atomic mass is 19.3. The smallest absolute Gasteiger partial charge is 0.329 e. The first-order valence-electron chi connectivity index (χ1n) is 13.6. The molecule has 214 valence electrons. The summed E-state index contributed by atoms with van der Waals surface area (Å²) in [5.74, 6) is -3.08. The van der Waals surface area contributed by atoms with Gasteiger partial charge in [0.2, 0.25) is 0 Å². The van der Waals surface area contributed by atoms with E-state index >= 15 is 0 Å². The third-order valence-electron chi connectivity index (χ3n) is 7.43. The van der Waals surface area contributed by atoms with Crippen LogP contribution in [-0.4, -0.2) is 53.2 Å². The van der Waals surface area contributed by atoms with E-state index in [0.29, 0.717) is 37.7 Å². The number of urea groups is 1. The van der Waals surface area contributed by atoms with Crippen molar-refractivity contribution in [2.45, 2.75) is 83.7 Å². The molecule has 2 aromatic rings. The molecule has 1 unspecified atom stereocenters. The van der Waals surface area contributed by atoms with Crippen molar-refractivity contribution < 1.29 is 33.0 Å². The third kappa shape index (κ3) is 7.19. The first-order chi connectivity index (χ1) is 18.4. The summed E-state index contributed by atoms with van der Waals surface area (Å²) >= 11 is 0. The molecule has 0 radical (unpaired) electrons. The molecule has 1 fully saturated rings. The van der Waals surface area contributed by atoms with Gasteiger partial charge in [-0.2, -0.15) is 0 Å². The fourth-order valence-corrected chi connectivity index (χ4v) is 5.10. The van der Waals surface area contributed by atoms with E-state index in [-0.39, 0.29) is 5.92 Å². The molecule has 2 amide bonds. The van der Waals surface area contributed by atoms with Crippen LogP contribution in [-0.2, 0) is 4.79 Å². The molecule has 0 aliphatic heterocycles. The average Bonchev–Trinajstić information content (AvgIpc) is 2.87. The van der Waals surface area contributed by atoms with Crippen LogP contribution in [0.25, 0.3) is 0 Å². The molecule has 1 saturated carbocycles. The van der Waals surface area contributed by atoms with Gasteiger partial charge in [-0.25, -0.2) is 18.4 Å². The average molecular weight is 547 g/mol. The summed E-state index contributed by atoms with van der Waals surface area (Å²) in [4.78, 5) is 27.0. The number of ether oxygens (including phenoxy) is 2. The lowest BCUT2D eigenvalue weighted by atomic mass is 9.73. The normalized spacial score (nSPS) is 16.9. The molecular formula is C30H40F2N2O5. The first kappa shape index (κ1) is 30.2. The maximum absolute atomic E-state index is 13.7. The molecule has 39 heavy (non-hydrogen) atoms. The number of halogens is 2. The zero-order chi connectivity index (χ0) is 28.8. The number of amides is 2. The Bertz CT molecular complexity index is 1110. The highest BCUT2D eigenvalue weighted by Crippen LogP contribution is 2.46. The van der Waals surface area contributed by atoms with Crippen LogP contribution >= 0.6 is 0 Å². The summed E-state index contributed by atoms with van der Waals surface area (Å²) in [5.41, 5.74) is 0.770. The number of nitrogens with zero attached hydrogens (tertiary/aromatic N) is 1. The largest absolute Gasteiger partial charge is 0.493 e. The van der Waals surface area contributed by atoms with Gasteiger partial charge in [0.25, 0.3) is 5.92 Å². The lowest BCUT2D eigenvalue weighted by Crippen LogP contribution is -2.68. The van der Waals surface area contributed by atoms with E-state index in [0.717, 1.165) is 17.5 Å². The van der Waals surface area contributed by atoms with Crippen molar-refractivity contribution in [3.63, 3.8) is 0 Å². The Morgan fingerprint density at radius 3 is 2.08 bits per heavy atom. The van der Waals surface area contributed by atoms with Crippen molar-refractivity contribution in [3.8, 4) is 11.5 Å². The van der Waals surface area contributed by atoms with Crippen LogP contribution in [0.5, 0.6) is 11.5 Å². The molecule has 3 rings (SSSR count). The minimum absolute atomic E-state index is 0.246. The van der Waals surface area contributed by atoms with Gasteiger partial charge in [0.05, 0.1) is 19.3 Å². The van der Waals surface area contributed by atoms with E-state index in [2.05, 4.69) is 24.4 Å². The van der Waals surface area contributed by atoms with Gasteiger partial charge in [0.15, 0.2) is 5.54 Å². The molecule has 7 nitrogen and oxygen atoms in total. The van der Waals surface area contributed by atoms with Gasteiger partial charge in [-0.1, -0.05) is 37.3 Å². The van der Waals surface area contributed by atoms with Crippen LogP contribution < -0.4 is 14.8 Å². The van der Waals surface area contributed by atoms with Gasteiger partial charge in [-0.3, -0.25) is 0 Å². The summed E-state index contributed by atoms with van der Waals surface area (Å²) < 4.78 is 39.1. The number of carboxylic acid groups (broad SMARTS) is 1. The zero-order valence-corrected chi connectivity index (χ0v) is 23.4. The summed E-state index contributed by atoms with van der Waals surface area (Å²) in [7, 11) is 0. The van der Waals surface area contributed by atoms with Crippen LogP contribution in [0.4, 0.5) is 13.6 Å². The standard InChI is InChI=1S/C30H40F2N2O5/c1-6-38-25-16-24(17-26(21(25)4)39-7-2)22(5)34(15-11-12-20(3)23-13-9-8-10-14-23)28(37)33-29(27(35)36)18-30(31,32)19-29/h8-10,13-14,16-17,20,22H,6-7,11-12,15,18-19H2,1-5H3,(H,33,37)(H,35,36)/t20?,22-/m1/s1. The second kappa shape index (κ2) is 12.7. The van der Waals surface area contributed by atoms with Gasteiger partial charge in [-0.15, -0.1) is 0 Å². The molecule has 0 bridgehead atoms. The topological polar surface area (TPSA) is 88.1 Å². The van der Waals surface area contributed by atoms with Crippen LogP contribution in [0.1, 0.15) is 82.0 Å². The van der Waals surface area contributed by atoms with Crippen molar-refractivity contribution >= 4 is 12.0 Å². The van der Waals surface area contributed by atoms with Gasteiger partial charge >= 0.3 is 12.0 Å². The lowest BCUT2D eigenvalue weighted by Gasteiger charge is -2.45. The predicted molar refractivity (Wildman–Crippen MR) is 146 cm³/mol. The molecule has 1 aliphatic rings. The number of carbonyl (C=O) groups is 2. The molecule has 0 spiro atoms. The number of aliphatic carboxylic acids is 1. The van der Waals surface area contributed by atoms with Crippen molar-refractivity contribution in [1.29, 1.82) is 0 Å². The van der Waals surface area contributed by atoms with E-state index in [1.54, 1.807) is 0 Å². The Kier molecular flexibility index (Phi) is 9.80. The summed E-state index contributed by atoms with van der Waals surface area (Å²) in [6, 6.07) is 12.5. The van der Waals surface area contributed by atoms with Gasteiger partial charge in [0, 0.05) is 24.9 Å². The first-order valence-corrected chi connectivity index (χ1v) is 13.6. The maximum atomic E-state index is 13.7. The minimum atomic E-state index is -3.12. The Morgan fingerprint density at radius 2 is 1.59 bits per heavy atom. The molecule has 9 heteroatoms. The summed E-state index contributed by atoms with van der Waals surface area (Å²) in [6.45, 7) is 10.8. The molecule has 2 N–H and O–H groups in total. The Morgan fingerprint density at radius 1 is 1.03 bits per heavy atom. The third-order valence-corrected chi connectivity index (χ3v) is 7.43. The summed E-state index contributed by atoms with van der Waals surface area (Å²) in [6.07, 6.45) is -0.443. The molecule has 0 saturated heterocycles. The van der Waals surface area contributed by atoms with Gasteiger partial charge in [0.1, 0.15) is 11.5 Å². The number of carboxylic acids is 1. The second-order valence-electron chi connectivity index (χ2n) is 10.4. The number of alkyl halides is 2. The number of rotatable bonds is 13. The summed E-state index contributed by atoms with van der Waals surface area (Å²) in [5, 5.41) is 12.1. The molecule has 2 atom stereocenters. The number of benzene rings is 2. The van der Waals surface area contributed by atoms with E-state index in [1.807, 2.05) is 58.0 Å². The maximum Gasteiger partial charge on any atom is 0.329 e. The molecule has 2 aromatic carbocycles. The van der Waals surface area contributed by atoms with Crippen LogP contribution in [0.2, 0.25) is 0 Å². The zero-order valence-electron chi connectivity index (χ0n) is 23.4. The minimum Gasteiger partial charge on any atom is -0.493 e. The van der Waals surface area contributed by atoms with Crippen molar-refractivity contribution in [1.82, 2.24) is 10.2 Å². The second-order valence-corrected chi connectivity index (χ2v) is 10.4. The predicted octanol–water partition coefficient (Wildman–Crippen LogP) is 6.70. The molecule has 1 aliphatic carbocycles. The lowest BCUT2D eigenvalue weighted by molar-refractivity contribution is -0.175. The Hall–Kier alpha value is -3.36. The van der Waals surface area contributed by atoms with Crippen LogP contribution in [0.15, 0.2) is 42.5 Å². The Balaban J connectivity index is 1.88.